The molecule has 1 aromatic carbocycles. The molecule has 2 rings (SSSR count). The SMILES string of the molecule is COc1cccc(NC(=O)[C@H]2CC[C@@H](N)CC2)c1. The first kappa shape index (κ1) is 12.9. The maximum atomic E-state index is 12.1. The molecule has 0 saturated heterocycles. The molecule has 0 spiro atoms. The molecule has 0 aromatic heterocycles. The molecular weight excluding hydrogens is 228 g/mol. The lowest BCUT2D eigenvalue weighted by atomic mass is 9.86. The first-order valence-corrected chi connectivity index (χ1v) is 6.39. The lowest BCUT2D eigenvalue weighted by Crippen LogP contribution is -2.32. The summed E-state index contributed by atoms with van der Waals surface area (Å²) in [6.07, 6.45) is 3.65. The van der Waals surface area contributed by atoms with Crippen molar-refractivity contribution >= 4 is 11.6 Å². The Bertz CT molecular complexity index is 412. The molecule has 1 aliphatic carbocycles. The van der Waals surface area contributed by atoms with Gasteiger partial charge in [0, 0.05) is 23.7 Å². The smallest absolute Gasteiger partial charge is 0.227 e. The summed E-state index contributed by atoms with van der Waals surface area (Å²) in [6, 6.07) is 7.69. The Hall–Kier alpha value is -1.55. The summed E-state index contributed by atoms with van der Waals surface area (Å²) in [5.74, 6) is 0.935. The van der Waals surface area contributed by atoms with Gasteiger partial charge < -0.3 is 15.8 Å². The minimum atomic E-state index is 0.0927. The van der Waals surface area contributed by atoms with Crippen LogP contribution in [0.4, 0.5) is 5.69 Å². The van der Waals surface area contributed by atoms with Gasteiger partial charge in [0.1, 0.15) is 5.75 Å². The zero-order valence-corrected chi connectivity index (χ0v) is 10.7. The zero-order chi connectivity index (χ0) is 13.0. The first-order valence-electron chi connectivity index (χ1n) is 6.39. The molecule has 18 heavy (non-hydrogen) atoms. The van der Waals surface area contributed by atoms with Gasteiger partial charge in [-0.1, -0.05) is 6.07 Å². The van der Waals surface area contributed by atoms with Crippen molar-refractivity contribution in [3.8, 4) is 5.75 Å². The van der Waals surface area contributed by atoms with Gasteiger partial charge >= 0.3 is 0 Å². The van der Waals surface area contributed by atoms with E-state index in [9.17, 15) is 4.79 Å². The van der Waals surface area contributed by atoms with Crippen LogP contribution < -0.4 is 15.8 Å². The first-order chi connectivity index (χ1) is 8.69. The van der Waals surface area contributed by atoms with Crippen molar-refractivity contribution < 1.29 is 9.53 Å². The fourth-order valence-electron chi connectivity index (χ4n) is 2.33. The topological polar surface area (TPSA) is 64.3 Å². The van der Waals surface area contributed by atoms with Gasteiger partial charge in [-0.25, -0.2) is 0 Å². The van der Waals surface area contributed by atoms with E-state index in [2.05, 4.69) is 5.32 Å². The number of carbonyl (C=O) groups excluding carboxylic acids is 1. The number of methoxy groups -OCH3 is 1. The standard InChI is InChI=1S/C14H20N2O2/c1-18-13-4-2-3-12(9-13)16-14(17)10-5-7-11(15)8-6-10/h2-4,9-11H,5-8,15H2,1H3,(H,16,17)/t10-,11+. The predicted molar refractivity (Wildman–Crippen MR) is 71.6 cm³/mol. The summed E-state index contributed by atoms with van der Waals surface area (Å²) in [5.41, 5.74) is 6.63. The number of nitrogens with two attached hydrogens (primary N) is 1. The number of carbonyl (C=O) groups is 1. The van der Waals surface area contributed by atoms with Gasteiger partial charge in [-0.3, -0.25) is 4.79 Å². The Morgan fingerprint density at radius 1 is 1.33 bits per heavy atom. The Morgan fingerprint density at radius 3 is 2.72 bits per heavy atom. The second-order valence-electron chi connectivity index (χ2n) is 4.83. The summed E-state index contributed by atoms with van der Waals surface area (Å²) < 4.78 is 5.13. The van der Waals surface area contributed by atoms with Crippen LogP contribution in [0, 0.1) is 5.92 Å². The van der Waals surface area contributed by atoms with Crippen molar-refractivity contribution in [3.05, 3.63) is 24.3 Å². The van der Waals surface area contributed by atoms with Crippen LogP contribution in [0.15, 0.2) is 24.3 Å². The summed E-state index contributed by atoms with van der Waals surface area (Å²) in [6.45, 7) is 0. The number of hydrogen-bond donors (Lipinski definition) is 2. The summed E-state index contributed by atoms with van der Waals surface area (Å²) in [5, 5.41) is 2.94. The quantitative estimate of drug-likeness (QED) is 0.861. The number of benzene rings is 1. The van der Waals surface area contributed by atoms with Crippen LogP contribution in [-0.2, 0) is 4.79 Å². The molecule has 1 aromatic rings. The number of amides is 1. The van der Waals surface area contributed by atoms with Crippen molar-refractivity contribution in [2.45, 2.75) is 31.7 Å². The number of anilines is 1. The summed E-state index contributed by atoms with van der Waals surface area (Å²) >= 11 is 0. The highest BCUT2D eigenvalue weighted by Gasteiger charge is 2.24. The maximum Gasteiger partial charge on any atom is 0.227 e. The molecule has 0 heterocycles. The molecule has 4 nitrogen and oxygen atoms in total. The van der Waals surface area contributed by atoms with Crippen LogP contribution >= 0.6 is 0 Å². The molecule has 3 N–H and O–H groups in total. The highest BCUT2D eigenvalue weighted by molar-refractivity contribution is 5.92. The van der Waals surface area contributed by atoms with E-state index in [0.717, 1.165) is 37.1 Å². The highest BCUT2D eigenvalue weighted by Crippen LogP contribution is 2.25. The third-order valence-electron chi connectivity index (χ3n) is 3.48. The average molecular weight is 248 g/mol. The van der Waals surface area contributed by atoms with E-state index in [1.54, 1.807) is 7.11 Å². The molecule has 1 saturated carbocycles. The Balaban J connectivity index is 1.94. The largest absolute Gasteiger partial charge is 0.497 e. The summed E-state index contributed by atoms with van der Waals surface area (Å²) in [4.78, 5) is 12.1. The highest BCUT2D eigenvalue weighted by atomic mass is 16.5. The number of hydrogen-bond acceptors (Lipinski definition) is 3. The third-order valence-corrected chi connectivity index (χ3v) is 3.48. The Morgan fingerprint density at radius 2 is 2.06 bits per heavy atom. The molecule has 1 aliphatic rings. The molecule has 0 atom stereocenters. The molecular formula is C14H20N2O2. The molecule has 0 aliphatic heterocycles. The average Bonchev–Trinajstić information content (AvgIpc) is 2.39. The number of rotatable bonds is 3. The van der Waals surface area contributed by atoms with E-state index in [-0.39, 0.29) is 17.9 Å². The lowest BCUT2D eigenvalue weighted by Gasteiger charge is -2.25. The van der Waals surface area contributed by atoms with E-state index in [1.807, 2.05) is 24.3 Å². The Labute approximate surface area is 108 Å². The van der Waals surface area contributed by atoms with Gasteiger partial charge in [0.25, 0.3) is 0 Å². The van der Waals surface area contributed by atoms with Crippen molar-refractivity contribution in [3.63, 3.8) is 0 Å². The number of nitrogens with one attached hydrogen (secondary N) is 1. The number of ether oxygens (including phenoxy) is 1. The minimum Gasteiger partial charge on any atom is -0.497 e. The van der Waals surface area contributed by atoms with Crippen molar-refractivity contribution in [1.82, 2.24) is 0 Å². The maximum absolute atomic E-state index is 12.1. The normalized spacial score (nSPS) is 23.4. The molecule has 4 heteroatoms. The van der Waals surface area contributed by atoms with Gasteiger partial charge in [-0.2, -0.15) is 0 Å². The predicted octanol–water partition coefficient (Wildman–Crippen LogP) is 2.15. The van der Waals surface area contributed by atoms with Crippen molar-refractivity contribution in [1.29, 1.82) is 0 Å². The van der Waals surface area contributed by atoms with Crippen LogP contribution in [0.5, 0.6) is 5.75 Å². The zero-order valence-electron chi connectivity index (χ0n) is 10.7. The van der Waals surface area contributed by atoms with E-state index < -0.39 is 0 Å². The fourth-order valence-corrected chi connectivity index (χ4v) is 2.33. The molecule has 98 valence electrons. The molecule has 0 bridgehead atoms. The summed E-state index contributed by atoms with van der Waals surface area (Å²) in [7, 11) is 1.61. The van der Waals surface area contributed by atoms with Gasteiger partial charge in [0.2, 0.25) is 5.91 Å². The molecule has 1 amide bonds. The van der Waals surface area contributed by atoms with Crippen LogP contribution in [0.1, 0.15) is 25.7 Å². The monoisotopic (exact) mass is 248 g/mol. The van der Waals surface area contributed by atoms with Gasteiger partial charge in [-0.05, 0) is 37.8 Å². The molecule has 0 radical (unpaired) electrons. The lowest BCUT2D eigenvalue weighted by molar-refractivity contribution is -0.120. The van der Waals surface area contributed by atoms with E-state index in [1.165, 1.54) is 0 Å². The second kappa shape index (κ2) is 5.87. The van der Waals surface area contributed by atoms with Gasteiger partial charge in [-0.15, -0.1) is 0 Å². The minimum absolute atomic E-state index is 0.0927. The Kier molecular flexibility index (Phi) is 4.20. The molecule has 1 fully saturated rings. The van der Waals surface area contributed by atoms with E-state index in [0.29, 0.717) is 0 Å². The van der Waals surface area contributed by atoms with Crippen LogP contribution in [0.25, 0.3) is 0 Å². The van der Waals surface area contributed by atoms with Gasteiger partial charge in [0.15, 0.2) is 0 Å². The van der Waals surface area contributed by atoms with Crippen LogP contribution in [0.3, 0.4) is 0 Å². The van der Waals surface area contributed by atoms with E-state index in [4.69, 9.17) is 10.5 Å². The van der Waals surface area contributed by atoms with E-state index >= 15 is 0 Å². The fraction of sp³-hybridized carbons (Fsp3) is 0.500. The van der Waals surface area contributed by atoms with Crippen molar-refractivity contribution in [2.24, 2.45) is 11.7 Å². The molecule has 0 unspecified atom stereocenters. The van der Waals surface area contributed by atoms with Crippen molar-refractivity contribution in [2.75, 3.05) is 12.4 Å². The third kappa shape index (κ3) is 3.23. The second-order valence-corrected chi connectivity index (χ2v) is 4.83. The van der Waals surface area contributed by atoms with Gasteiger partial charge in [0.05, 0.1) is 7.11 Å². The van der Waals surface area contributed by atoms with Crippen LogP contribution in [-0.4, -0.2) is 19.1 Å². The van der Waals surface area contributed by atoms with Crippen LogP contribution in [0.2, 0.25) is 0 Å².